The van der Waals surface area contributed by atoms with E-state index < -0.39 is 0 Å². The Balaban J connectivity index is 1.86. The molecule has 5 N–H and O–H groups in total. The minimum absolute atomic E-state index is 0.154. The van der Waals surface area contributed by atoms with Crippen molar-refractivity contribution in [1.29, 1.82) is 0 Å². The predicted molar refractivity (Wildman–Crippen MR) is 122 cm³/mol. The van der Waals surface area contributed by atoms with Crippen molar-refractivity contribution in [3.8, 4) is 0 Å². The first-order valence-electron chi connectivity index (χ1n) is 10.4. The fraction of sp³-hybridized carbons (Fsp3) is 0.318. The molecule has 0 radical (unpaired) electrons. The van der Waals surface area contributed by atoms with Crippen molar-refractivity contribution in [3.05, 3.63) is 53.1 Å². The van der Waals surface area contributed by atoms with Crippen LogP contribution in [0.5, 0.6) is 0 Å². The van der Waals surface area contributed by atoms with Crippen LogP contribution in [-0.4, -0.2) is 45.8 Å². The zero-order valence-electron chi connectivity index (χ0n) is 18.2. The Morgan fingerprint density at radius 1 is 1.22 bits per heavy atom. The maximum Gasteiger partial charge on any atom is 0.273 e. The van der Waals surface area contributed by atoms with Crippen molar-refractivity contribution >= 4 is 35.1 Å². The van der Waals surface area contributed by atoms with Crippen LogP contribution in [0.2, 0.25) is 0 Å². The molecule has 0 saturated carbocycles. The zero-order valence-corrected chi connectivity index (χ0v) is 18.2. The molecule has 0 bridgehead atoms. The van der Waals surface area contributed by atoms with Gasteiger partial charge in [0.15, 0.2) is 0 Å². The van der Waals surface area contributed by atoms with Gasteiger partial charge in [-0.15, -0.1) is 0 Å². The van der Waals surface area contributed by atoms with Gasteiger partial charge in [-0.3, -0.25) is 24.4 Å². The Labute approximate surface area is 186 Å². The smallest absolute Gasteiger partial charge is 0.273 e. The van der Waals surface area contributed by atoms with Crippen molar-refractivity contribution in [2.75, 3.05) is 18.5 Å². The first-order chi connectivity index (χ1) is 15.4. The average molecular weight is 438 g/mol. The molecule has 2 amide bonds. The number of nitrogens with two attached hydrogens (primary N) is 2. The van der Waals surface area contributed by atoms with E-state index in [1.807, 2.05) is 13.8 Å². The van der Waals surface area contributed by atoms with Crippen LogP contribution < -0.4 is 16.8 Å². The Bertz CT molecular complexity index is 1060. The van der Waals surface area contributed by atoms with Gasteiger partial charge in [0.1, 0.15) is 5.84 Å². The number of amides is 2. The number of aromatic nitrogens is 2. The van der Waals surface area contributed by atoms with Crippen molar-refractivity contribution in [3.63, 3.8) is 0 Å². The van der Waals surface area contributed by atoms with E-state index in [4.69, 9.17) is 16.3 Å². The Kier molecular flexibility index (Phi) is 7.63. The molecule has 2 aromatic heterocycles. The molecule has 2 aromatic rings. The maximum absolute atomic E-state index is 12.9. The molecule has 3 rings (SSSR count). The number of carbonyl (C=O) groups excluding carboxylic acids is 2. The molecule has 10 heteroatoms. The molecule has 1 aliphatic heterocycles. The molecule has 0 unspecified atom stereocenters. The van der Waals surface area contributed by atoms with E-state index in [0.717, 1.165) is 12.0 Å². The first-order valence-corrected chi connectivity index (χ1v) is 10.4. The highest BCUT2D eigenvalue weighted by molar-refractivity contribution is 6.07. The van der Waals surface area contributed by atoms with Crippen LogP contribution in [0.1, 0.15) is 48.3 Å². The number of hydroxylamine groups is 2. The number of fused-ring (bicyclic) bond motifs is 1. The third kappa shape index (κ3) is 5.54. The van der Waals surface area contributed by atoms with Gasteiger partial charge in [-0.05, 0) is 37.1 Å². The van der Waals surface area contributed by atoms with E-state index in [1.165, 1.54) is 17.5 Å². The fourth-order valence-electron chi connectivity index (χ4n) is 3.15. The number of rotatable bonds is 8. The van der Waals surface area contributed by atoms with E-state index in [-0.39, 0.29) is 24.1 Å². The van der Waals surface area contributed by atoms with E-state index in [9.17, 15) is 9.59 Å². The average Bonchev–Trinajstić information content (AvgIpc) is 2.95. The van der Waals surface area contributed by atoms with Crippen LogP contribution in [0.15, 0.2) is 41.3 Å². The van der Waals surface area contributed by atoms with Gasteiger partial charge in [-0.25, -0.2) is 10.1 Å². The van der Waals surface area contributed by atoms with Gasteiger partial charge in [-0.1, -0.05) is 6.92 Å². The van der Waals surface area contributed by atoms with Gasteiger partial charge in [0.05, 0.1) is 35.4 Å². The molecule has 0 aromatic carbocycles. The van der Waals surface area contributed by atoms with Crippen molar-refractivity contribution < 1.29 is 14.4 Å². The molecule has 0 spiro atoms. The lowest BCUT2D eigenvalue weighted by Gasteiger charge is -2.21. The van der Waals surface area contributed by atoms with Gasteiger partial charge >= 0.3 is 0 Å². The summed E-state index contributed by atoms with van der Waals surface area (Å²) in [5, 5.41) is 4.10. The summed E-state index contributed by atoms with van der Waals surface area (Å²) in [6, 6.07) is 3.33. The number of hydrogen-bond acceptors (Lipinski definition) is 8. The van der Waals surface area contributed by atoms with Crippen LogP contribution >= 0.6 is 0 Å². The summed E-state index contributed by atoms with van der Waals surface area (Å²) < 4.78 is 0. The topological polar surface area (TPSA) is 149 Å². The molecular formula is C22H27N7O3. The third-order valence-corrected chi connectivity index (χ3v) is 4.61. The standard InChI is InChI=1S/C22H27N7O3/c1-3-5-29(32-4-2)22(31)15-7-18-19(28-20(24)9-15)8-16(12-26-18)21(30)27-17-6-14(10-23)11-25-13-17/h6-8,11-13H,3-5,9-10,23H2,1-2H3,(H2,24,28)(H,27,30). The molecule has 1 aliphatic rings. The summed E-state index contributed by atoms with van der Waals surface area (Å²) in [5.41, 5.74) is 14.6. The van der Waals surface area contributed by atoms with Crippen LogP contribution in [0.25, 0.3) is 6.08 Å². The minimum Gasteiger partial charge on any atom is -0.387 e. The molecule has 0 fully saturated rings. The Morgan fingerprint density at radius 2 is 2.03 bits per heavy atom. The van der Waals surface area contributed by atoms with Gasteiger partial charge in [0, 0.05) is 37.5 Å². The number of pyridine rings is 2. The van der Waals surface area contributed by atoms with Gasteiger partial charge in [-0.2, -0.15) is 0 Å². The second-order valence-electron chi connectivity index (χ2n) is 7.14. The Morgan fingerprint density at radius 3 is 2.75 bits per heavy atom. The fourth-order valence-corrected chi connectivity index (χ4v) is 3.15. The summed E-state index contributed by atoms with van der Waals surface area (Å²) in [7, 11) is 0. The number of amidine groups is 1. The Hall–Kier alpha value is -3.63. The van der Waals surface area contributed by atoms with Crippen molar-refractivity contribution in [1.82, 2.24) is 15.0 Å². The van der Waals surface area contributed by atoms with Gasteiger partial charge in [0.25, 0.3) is 11.8 Å². The SMILES string of the molecule is CCCN(OCC)C(=O)C1=Cc2ncc(C(=O)Nc3cncc(CN)c3)cc2N=C(N)C1. The van der Waals surface area contributed by atoms with Gasteiger partial charge < -0.3 is 16.8 Å². The lowest BCUT2D eigenvalue weighted by molar-refractivity contribution is -0.180. The lowest BCUT2D eigenvalue weighted by atomic mass is 10.1. The molecule has 0 aliphatic carbocycles. The van der Waals surface area contributed by atoms with E-state index in [1.54, 1.807) is 24.4 Å². The summed E-state index contributed by atoms with van der Waals surface area (Å²) in [5.74, 6) is -0.411. The van der Waals surface area contributed by atoms with Crippen LogP contribution in [0.4, 0.5) is 11.4 Å². The summed E-state index contributed by atoms with van der Waals surface area (Å²) in [4.78, 5) is 43.8. The van der Waals surface area contributed by atoms with E-state index in [0.29, 0.717) is 47.9 Å². The number of nitrogens with zero attached hydrogens (tertiary/aromatic N) is 4. The molecular weight excluding hydrogens is 410 g/mol. The highest BCUT2D eigenvalue weighted by atomic mass is 16.7. The van der Waals surface area contributed by atoms with E-state index in [2.05, 4.69) is 20.3 Å². The largest absolute Gasteiger partial charge is 0.387 e. The predicted octanol–water partition coefficient (Wildman–Crippen LogP) is 2.15. The number of hydrogen-bond donors (Lipinski definition) is 3. The molecule has 10 nitrogen and oxygen atoms in total. The van der Waals surface area contributed by atoms with Gasteiger partial charge in [0.2, 0.25) is 0 Å². The molecule has 0 saturated heterocycles. The monoisotopic (exact) mass is 437 g/mol. The first kappa shape index (κ1) is 23.0. The number of nitrogens with one attached hydrogen (secondary N) is 1. The maximum atomic E-state index is 12.9. The molecule has 32 heavy (non-hydrogen) atoms. The highest BCUT2D eigenvalue weighted by Crippen LogP contribution is 2.27. The second kappa shape index (κ2) is 10.6. The van der Waals surface area contributed by atoms with Crippen LogP contribution in [-0.2, 0) is 16.2 Å². The lowest BCUT2D eigenvalue weighted by Crippen LogP contribution is -2.34. The molecule has 0 atom stereocenters. The third-order valence-electron chi connectivity index (χ3n) is 4.61. The quantitative estimate of drug-likeness (QED) is 0.536. The summed E-state index contributed by atoms with van der Waals surface area (Å²) >= 11 is 0. The zero-order chi connectivity index (χ0) is 23.1. The molecule has 168 valence electrons. The normalized spacial score (nSPS) is 12.8. The summed E-state index contributed by atoms with van der Waals surface area (Å²) in [6.07, 6.45) is 7.14. The van der Waals surface area contributed by atoms with Crippen molar-refractivity contribution in [2.24, 2.45) is 16.5 Å². The summed E-state index contributed by atoms with van der Waals surface area (Å²) in [6.45, 7) is 4.93. The minimum atomic E-state index is -0.375. The van der Waals surface area contributed by atoms with Crippen LogP contribution in [0, 0.1) is 0 Å². The number of aliphatic imine (C=N–C) groups is 1. The highest BCUT2D eigenvalue weighted by Gasteiger charge is 2.23. The second-order valence-corrected chi connectivity index (χ2v) is 7.14. The van der Waals surface area contributed by atoms with Crippen LogP contribution in [0.3, 0.4) is 0 Å². The van der Waals surface area contributed by atoms with E-state index >= 15 is 0 Å². The number of anilines is 1. The number of carbonyl (C=O) groups is 2. The van der Waals surface area contributed by atoms with Crippen molar-refractivity contribution in [2.45, 2.75) is 33.2 Å². The molecule has 3 heterocycles.